The summed E-state index contributed by atoms with van der Waals surface area (Å²) in [5, 5.41) is 1.23. The van der Waals surface area contributed by atoms with E-state index in [1.807, 2.05) is 24.3 Å². The van der Waals surface area contributed by atoms with Crippen LogP contribution in [-0.2, 0) is 9.47 Å². The quantitative estimate of drug-likeness (QED) is 0.658. The summed E-state index contributed by atoms with van der Waals surface area (Å²) in [4.78, 5) is 1.11. The van der Waals surface area contributed by atoms with E-state index in [1.165, 1.54) is 10.1 Å². The standard InChI is InChI=1S/C15H14O3S/c1-16-15(17-2)12-8-7-11(18-12)14-9-10-5-3-4-6-13(10)19-14/h3-9,15H,1-2H3. The second-order valence-electron chi connectivity index (χ2n) is 4.15. The fourth-order valence-corrected chi connectivity index (χ4v) is 3.07. The van der Waals surface area contributed by atoms with Gasteiger partial charge in [0.1, 0.15) is 5.76 Å². The third-order valence-electron chi connectivity index (χ3n) is 2.96. The lowest BCUT2D eigenvalue weighted by Crippen LogP contribution is -2.01. The van der Waals surface area contributed by atoms with Crippen molar-refractivity contribution in [2.24, 2.45) is 0 Å². The van der Waals surface area contributed by atoms with Gasteiger partial charge in [-0.25, -0.2) is 0 Å². The van der Waals surface area contributed by atoms with Crippen molar-refractivity contribution in [1.29, 1.82) is 0 Å². The van der Waals surface area contributed by atoms with E-state index in [9.17, 15) is 0 Å². The minimum atomic E-state index is -0.455. The van der Waals surface area contributed by atoms with Gasteiger partial charge in [0.25, 0.3) is 0 Å². The number of thiophene rings is 1. The van der Waals surface area contributed by atoms with Gasteiger partial charge in [0.2, 0.25) is 6.29 Å². The van der Waals surface area contributed by atoms with Crippen LogP contribution in [0.5, 0.6) is 0 Å². The van der Waals surface area contributed by atoms with Crippen molar-refractivity contribution < 1.29 is 13.9 Å². The zero-order valence-electron chi connectivity index (χ0n) is 10.8. The first-order valence-electron chi connectivity index (χ1n) is 5.96. The van der Waals surface area contributed by atoms with Crippen LogP contribution in [0.25, 0.3) is 20.7 Å². The SMILES string of the molecule is COC(OC)c1ccc(-c2cc3ccccc3s2)o1. The van der Waals surface area contributed by atoms with Crippen LogP contribution < -0.4 is 0 Å². The number of methoxy groups -OCH3 is 2. The van der Waals surface area contributed by atoms with Gasteiger partial charge in [0.15, 0.2) is 5.76 Å². The molecule has 3 nitrogen and oxygen atoms in total. The van der Waals surface area contributed by atoms with Gasteiger partial charge >= 0.3 is 0 Å². The summed E-state index contributed by atoms with van der Waals surface area (Å²) in [6.07, 6.45) is -0.455. The summed E-state index contributed by atoms with van der Waals surface area (Å²) in [5.41, 5.74) is 0. The fourth-order valence-electron chi connectivity index (χ4n) is 2.04. The number of furan rings is 1. The molecule has 0 radical (unpaired) electrons. The average molecular weight is 274 g/mol. The number of benzene rings is 1. The molecule has 98 valence electrons. The summed E-state index contributed by atoms with van der Waals surface area (Å²) in [6.45, 7) is 0. The van der Waals surface area contributed by atoms with Crippen LogP contribution in [0.2, 0.25) is 0 Å². The molecular weight excluding hydrogens is 260 g/mol. The summed E-state index contributed by atoms with van der Waals surface area (Å²) < 4.78 is 17.4. The van der Waals surface area contributed by atoms with E-state index in [0.717, 1.165) is 10.6 Å². The summed E-state index contributed by atoms with van der Waals surface area (Å²) in [5.74, 6) is 1.52. The van der Waals surface area contributed by atoms with Crippen LogP contribution >= 0.6 is 11.3 Å². The Morgan fingerprint density at radius 3 is 2.58 bits per heavy atom. The molecule has 19 heavy (non-hydrogen) atoms. The summed E-state index contributed by atoms with van der Waals surface area (Å²) >= 11 is 1.72. The largest absolute Gasteiger partial charge is 0.455 e. The highest BCUT2D eigenvalue weighted by Gasteiger charge is 2.15. The number of hydrogen-bond acceptors (Lipinski definition) is 4. The van der Waals surface area contributed by atoms with E-state index >= 15 is 0 Å². The van der Waals surface area contributed by atoms with Crippen molar-refractivity contribution >= 4 is 21.4 Å². The molecule has 0 aliphatic rings. The maximum Gasteiger partial charge on any atom is 0.216 e. The third kappa shape index (κ3) is 2.30. The van der Waals surface area contributed by atoms with Gasteiger partial charge in [0.05, 0.1) is 4.88 Å². The summed E-state index contributed by atoms with van der Waals surface area (Å²) in [7, 11) is 3.19. The highest BCUT2D eigenvalue weighted by Crippen LogP contribution is 2.35. The second kappa shape index (κ2) is 5.17. The zero-order chi connectivity index (χ0) is 13.2. The van der Waals surface area contributed by atoms with Crippen molar-refractivity contribution in [3.05, 3.63) is 48.2 Å². The molecular formula is C15H14O3S. The van der Waals surface area contributed by atoms with Gasteiger partial charge in [0, 0.05) is 18.9 Å². The molecule has 0 saturated carbocycles. The van der Waals surface area contributed by atoms with Gasteiger partial charge in [-0.15, -0.1) is 11.3 Å². The van der Waals surface area contributed by atoms with Crippen molar-refractivity contribution in [2.45, 2.75) is 6.29 Å². The number of hydrogen-bond donors (Lipinski definition) is 0. The van der Waals surface area contributed by atoms with E-state index in [0.29, 0.717) is 5.76 Å². The van der Waals surface area contributed by atoms with Crippen molar-refractivity contribution in [3.63, 3.8) is 0 Å². The number of fused-ring (bicyclic) bond motifs is 1. The molecule has 0 atom stereocenters. The molecule has 0 aliphatic heterocycles. The molecule has 4 heteroatoms. The molecule has 3 rings (SSSR count). The zero-order valence-corrected chi connectivity index (χ0v) is 11.6. The topological polar surface area (TPSA) is 31.6 Å². The van der Waals surface area contributed by atoms with Gasteiger partial charge in [-0.1, -0.05) is 18.2 Å². The lowest BCUT2D eigenvalue weighted by molar-refractivity contribution is -0.117. The maximum absolute atomic E-state index is 5.80. The van der Waals surface area contributed by atoms with E-state index in [2.05, 4.69) is 18.2 Å². The molecule has 0 fully saturated rings. The Labute approximate surface area is 115 Å². The average Bonchev–Trinajstić information content (AvgIpc) is 3.06. The van der Waals surface area contributed by atoms with Crippen LogP contribution in [0.4, 0.5) is 0 Å². The minimum absolute atomic E-state index is 0.455. The van der Waals surface area contributed by atoms with Crippen LogP contribution in [0.15, 0.2) is 46.9 Å². The molecule has 0 amide bonds. The lowest BCUT2D eigenvalue weighted by atomic mass is 10.2. The van der Waals surface area contributed by atoms with Crippen LogP contribution in [0.1, 0.15) is 12.1 Å². The second-order valence-corrected chi connectivity index (χ2v) is 5.24. The van der Waals surface area contributed by atoms with E-state index in [-0.39, 0.29) is 0 Å². The van der Waals surface area contributed by atoms with Gasteiger partial charge < -0.3 is 13.9 Å². The molecule has 1 aromatic carbocycles. The third-order valence-corrected chi connectivity index (χ3v) is 4.09. The van der Waals surface area contributed by atoms with Crippen LogP contribution in [0, 0.1) is 0 Å². The molecule has 0 aliphatic carbocycles. The molecule has 3 aromatic rings. The number of rotatable bonds is 4. The van der Waals surface area contributed by atoms with Crippen molar-refractivity contribution in [2.75, 3.05) is 14.2 Å². The van der Waals surface area contributed by atoms with E-state index < -0.39 is 6.29 Å². The molecule has 0 saturated heterocycles. The minimum Gasteiger partial charge on any atom is -0.455 e. The first kappa shape index (κ1) is 12.4. The van der Waals surface area contributed by atoms with E-state index in [4.69, 9.17) is 13.9 Å². The Kier molecular flexibility index (Phi) is 3.38. The Morgan fingerprint density at radius 1 is 1.05 bits per heavy atom. The van der Waals surface area contributed by atoms with Gasteiger partial charge in [-0.05, 0) is 29.7 Å². The summed E-state index contributed by atoms with van der Waals surface area (Å²) in [6, 6.07) is 14.3. The predicted molar refractivity (Wildman–Crippen MR) is 76.3 cm³/mol. The smallest absolute Gasteiger partial charge is 0.216 e. The molecule has 0 bridgehead atoms. The van der Waals surface area contributed by atoms with Crippen molar-refractivity contribution in [3.8, 4) is 10.6 Å². The van der Waals surface area contributed by atoms with Crippen LogP contribution in [-0.4, -0.2) is 14.2 Å². The number of ether oxygens (including phenoxy) is 2. The Balaban J connectivity index is 1.97. The highest BCUT2D eigenvalue weighted by molar-refractivity contribution is 7.22. The Morgan fingerprint density at radius 2 is 1.84 bits per heavy atom. The molecule has 0 N–H and O–H groups in total. The Bertz CT molecular complexity index is 646. The Hall–Kier alpha value is -1.62. The molecule has 0 unspecified atom stereocenters. The predicted octanol–water partition coefficient (Wildman–Crippen LogP) is 4.45. The normalized spacial score (nSPS) is 11.5. The molecule has 0 spiro atoms. The first-order chi connectivity index (χ1) is 9.31. The van der Waals surface area contributed by atoms with Crippen LogP contribution in [0.3, 0.4) is 0 Å². The fraction of sp³-hybridized carbons (Fsp3) is 0.200. The van der Waals surface area contributed by atoms with E-state index in [1.54, 1.807) is 25.6 Å². The highest BCUT2D eigenvalue weighted by atomic mass is 32.1. The molecule has 2 aromatic heterocycles. The first-order valence-corrected chi connectivity index (χ1v) is 6.77. The van der Waals surface area contributed by atoms with Crippen molar-refractivity contribution in [1.82, 2.24) is 0 Å². The monoisotopic (exact) mass is 274 g/mol. The molecule has 2 heterocycles. The van der Waals surface area contributed by atoms with Gasteiger partial charge in [-0.3, -0.25) is 0 Å². The van der Waals surface area contributed by atoms with Gasteiger partial charge in [-0.2, -0.15) is 0 Å². The maximum atomic E-state index is 5.80. The lowest BCUT2D eigenvalue weighted by Gasteiger charge is -2.09.